The summed E-state index contributed by atoms with van der Waals surface area (Å²) in [6.45, 7) is 3.94. The summed E-state index contributed by atoms with van der Waals surface area (Å²) in [5, 5.41) is 0. The number of morpholine rings is 1. The molecular weight excluding hydrogens is 406 g/mol. The monoisotopic (exact) mass is 433 g/mol. The SMILES string of the molecule is Cc1ccc(Oc2ccc(N(C[C@@H](C(N)=O)N3CCOCC3)S(C)(=O)=O)cc2)cc1. The summed E-state index contributed by atoms with van der Waals surface area (Å²) in [4.78, 5) is 13.9. The summed E-state index contributed by atoms with van der Waals surface area (Å²) >= 11 is 0. The molecule has 0 unspecified atom stereocenters. The van der Waals surface area contributed by atoms with Crippen LogP contribution < -0.4 is 14.8 Å². The Morgan fingerprint density at radius 2 is 1.63 bits per heavy atom. The smallest absolute Gasteiger partial charge is 0.236 e. The van der Waals surface area contributed by atoms with Crippen LogP contribution in [0, 0.1) is 6.92 Å². The number of ether oxygens (including phenoxy) is 2. The highest BCUT2D eigenvalue weighted by atomic mass is 32.2. The summed E-state index contributed by atoms with van der Waals surface area (Å²) in [5.74, 6) is 0.704. The van der Waals surface area contributed by atoms with Crippen LogP contribution in [0.5, 0.6) is 11.5 Å². The van der Waals surface area contributed by atoms with E-state index in [1.54, 1.807) is 24.3 Å². The minimum Gasteiger partial charge on any atom is -0.457 e. The summed E-state index contributed by atoms with van der Waals surface area (Å²) < 4.78 is 37.3. The Morgan fingerprint density at radius 1 is 1.10 bits per heavy atom. The van der Waals surface area contributed by atoms with Gasteiger partial charge in [0.2, 0.25) is 15.9 Å². The van der Waals surface area contributed by atoms with E-state index in [1.165, 1.54) is 4.31 Å². The molecule has 0 aliphatic carbocycles. The van der Waals surface area contributed by atoms with Crippen LogP contribution in [-0.2, 0) is 19.6 Å². The maximum absolute atomic E-state index is 12.5. The van der Waals surface area contributed by atoms with Gasteiger partial charge < -0.3 is 15.2 Å². The summed E-state index contributed by atoms with van der Waals surface area (Å²) in [7, 11) is -3.63. The van der Waals surface area contributed by atoms with Gasteiger partial charge in [-0.3, -0.25) is 14.0 Å². The van der Waals surface area contributed by atoms with Gasteiger partial charge in [-0.15, -0.1) is 0 Å². The summed E-state index contributed by atoms with van der Waals surface area (Å²) in [5.41, 5.74) is 7.16. The number of nitrogens with two attached hydrogens (primary N) is 1. The van der Waals surface area contributed by atoms with Crippen molar-refractivity contribution >= 4 is 21.6 Å². The van der Waals surface area contributed by atoms with Gasteiger partial charge in [0, 0.05) is 13.1 Å². The highest BCUT2D eigenvalue weighted by molar-refractivity contribution is 7.92. The Balaban J connectivity index is 1.79. The van der Waals surface area contributed by atoms with Gasteiger partial charge in [-0.2, -0.15) is 0 Å². The van der Waals surface area contributed by atoms with Crippen molar-refractivity contribution in [3.05, 3.63) is 54.1 Å². The van der Waals surface area contributed by atoms with E-state index in [0.29, 0.717) is 43.5 Å². The van der Waals surface area contributed by atoms with E-state index in [-0.39, 0.29) is 6.54 Å². The number of nitrogens with zero attached hydrogens (tertiary/aromatic N) is 2. The number of carbonyl (C=O) groups excluding carboxylic acids is 1. The van der Waals surface area contributed by atoms with Gasteiger partial charge in [-0.1, -0.05) is 17.7 Å². The Kier molecular flexibility index (Phi) is 6.96. The van der Waals surface area contributed by atoms with Crippen LogP contribution in [0.15, 0.2) is 48.5 Å². The second-order valence-electron chi connectivity index (χ2n) is 7.27. The molecule has 162 valence electrons. The molecule has 1 aliphatic heterocycles. The van der Waals surface area contributed by atoms with Crippen molar-refractivity contribution in [1.82, 2.24) is 4.90 Å². The molecule has 1 fully saturated rings. The third-order valence-corrected chi connectivity index (χ3v) is 6.10. The topological polar surface area (TPSA) is 102 Å². The van der Waals surface area contributed by atoms with Crippen molar-refractivity contribution in [1.29, 1.82) is 0 Å². The second-order valence-corrected chi connectivity index (χ2v) is 9.18. The Morgan fingerprint density at radius 3 is 2.13 bits per heavy atom. The number of hydrogen-bond acceptors (Lipinski definition) is 6. The molecule has 1 aliphatic rings. The number of aryl methyl sites for hydroxylation is 1. The Hall–Kier alpha value is -2.62. The standard InChI is InChI=1S/C21H27N3O5S/c1-16-3-7-18(8-4-16)29-19-9-5-17(6-10-19)24(30(2,26)27)15-20(21(22)25)23-11-13-28-14-12-23/h3-10,20H,11-15H2,1-2H3,(H2,22,25)/t20-/m0/s1. The van der Waals surface area contributed by atoms with Crippen molar-refractivity contribution in [3.63, 3.8) is 0 Å². The molecule has 0 spiro atoms. The molecule has 2 aromatic carbocycles. The van der Waals surface area contributed by atoms with Crippen LogP contribution in [0.2, 0.25) is 0 Å². The van der Waals surface area contributed by atoms with E-state index in [9.17, 15) is 13.2 Å². The van der Waals surface area contributed by atoms with E-state index in [4.69, 9.17) is 15.2 Å². The average Bonchev–Trinajstić information content (AvgIpc) is 2.71. The number of carbonyl (C=O) groups is 1. The van der Waals surface area contributed by atoms with Crippen molar-refractivity contribution in [3.8, 4) is 11.5 Å². The van der Waals surface area contributed by atoms with Crippen molar-refractivity contribution < 1.29 is 22.7 Å². The summed E-state index contributed by atoms with van der Waals surface area (Å²) in [6.07, 6.45) is 1.11. The van der Waals surface area contributed by atoms with Crippen LogP contribution in [0.1, 0.15) is 5.56 Å². The van der Waals surface area contributed by atoms with E-state index < -0.39 is 22.0 Å². The van der Waals surface area contributed by atoms with Gasteiger partial charge in [-0.25, -0.2) is 8.42 Å². The van der Waals surface area contributed by atoms with Crippen molar-refractivity contribution in [2.75, 3.05) is 43.4 Å². The maximum atomic E-state index is 12.5. The maximum Gasteiger partial charge on any atom is 0.236 e. The predicted octanol–water partition coefficient (Wildman–Crippen LogP) is 1.74. The number of primary amides is 1. The molecule has 2 N–H and O–H groups in total. The van der Waals surface area contributed by atoms with Crippen LogP contribution in [0.4, 0.5) is 5.69 Å². The molecular formula is C21H27N3O5S. The number of anilines is 1. The zero-order valence-corrected chi connectivity index (χ0v) is 18.0. The second kappa shape index (κ2) is 9.46. The van der Waals surface area contributed by atoms with E-state index in [0.717, 1.165) is 11.8 Å². The first-order valence-electron chi connectivity index (χ1n) is 9.67. The fourth-order valence-electron chi connectivity index (χ4n) is 3.29. The van der Waals surface area contributed by atoms with Gasteiger partial charge in [0.05, 0.1) is 31.7 Å². The lowest BCUT2D eigenvalue weighted by molar-refractivity contribution is -0.124. The molecule has 30 heavy (non-hydrogen) atoms. The fourth-order valence-corrected chi connectivity index (χ4v) is 4.20. The Labute approximate surface area is 177 Å². The molecule has 8 nitrogen and oxygen atoms in total. The zero-order valence-electron chi connectivity index (χ0n) is 17.2. The molecule has 3 rings (SSSR count). The molecule has 0 bridgehead atoms. The molecule has 0 aromatic heterocycles. The molecule has 1 heterocycles. The molecule has 1 atom stereocenters. The predicted molar refractivity (Wildman–Crippen MR) is 115 cm³/mol. The van der Waals surface area contributed by atoms with E-state index in [2.05, 4.69) is 0 Å². The third kappa shape index (κ3) is 5.71. The Bertz CT molecular complexity index is 955. The average molecular weight is 434 g/mol. The van der Waals surface area contributed by atoms with Gasteiger partial charge >= 0.3 is 0 Å². The van der Waals surface area contributed by atoms with Crippen LogP contribution in [0.25, 0.3) is 0 Å². The normalized spacial score (nSPS) is 16.1. The van der Waals surface area contributed by atoms with Gasteiger partial charge in [0.15, 0.2) is 0 Å². The molecule has 0 saturated carbocycles. The molecule has 2 aromatic rings. The van der Waals surface area contributed by atoms with Crippen molar-refractivity contribution in [2.24, 2.45) is 5.73 Å². The lowest BCUT2D eigenvalue weighted by Crippen LogP contribution is -2.55. The lowest BCUT2D eigenvalue weighted by Gasteiger charge is -2.35. The van der Waals surface area contributed by atoms with Crippen LogP contribution in [0.3, 0.4) is 0 Å². The lowest BCUT2D eigenvalue weighted by atomic mass is 10.2. The number of rotatable bonds is 8. The minimum atomic E-state index is -3.63. The zero-order chi connectivity index (χ0) is 21.7. The summed E-state index contributed by atoms with van der Waals surface area (Å²) in [6, 6.07) is 13.6. The molecule has 0 radical (unpaired) electrons. The quantitative estimate of drug-likeness (QED) is 0.680. The van der Waals surface area contributed by atoms with Gasteiger partial charge in [-0.05, 0) is 43.3 Å². The van der Waals surface area contributed by atoms with E-state index in [1.807, 2.05) is 36.1 Å². The number of amides is 1. The molecule has 9 heteroatoms. The highest BCUT2D eigenvalue weighted by Gasteiger charge is 2.31. The number of benzene rings is 2. The van der Waals surface area contributed by atoms with E-state index >= 15 is 0 Å². The van der Waals surface area contributed by atoms with Gasteiger partial charge in [0.1, 0.15) is 17.5 Å². The van der Waals surface area contributed by atoms with Crippen molar-refractivity contribution in [2.45, 2.75) is 13.0 Å². The van der Waals surface area contributed by atoms with Crippen LogP contribution >= 0.6 is 0 Å². The first-order chi connectivity index (χ1) is 14.2. The minimum absolute atomic E-state index is 0.0632. The fraction of sp³-hybridized carbons (Fsp3) is 0.381. The largest absolute Gasteiger partial charge is 0.457 e. The van der Waals surface area contributed by atoms with Crippen LogP contribution in [-0.4, -0.2) is 64.4 Å². The first kappa shape index (κ1) is 22.1. The molecule has 1 amide bonds. The molecule has 1 saturated heterocycles. The third-order valence-electron chi connectivity index (χ3n) is 4.94. The number of hydrogen-bond donors (Lipinski definition) is 1. The first-order valence-corrected chi connectivity index (χ1v) is 11.5. The number of sulfonamides is 1. The van der Waals surface area contributed by atoms with Gasteiger partial charge in [0.25, 0.3) is 0 Å². The highest BCUT2D eigenvalue weighted by Crippen LogP contribution is 2.26.